The first kappa shape index (κ1) is 14.6. The summed E-state index contributed by atoms with van der Waals surface area (Å²) in [5.74, 6) is 1.90. The third-order valence-electron chi connectivity index (χ3n) is 4.13. The summed E-state index contributed by atoms with van der Waals surface area (Å²) in [5, 5.41) is 10.1. The van der Waals surface area contributed by atoms with E-state index in [0.717, 1.165) is 48.4 Å². The second kappa shape index (κ2) is 6.21. The molecule has 2 atom stereocenters. The number of fused-ring (bicyclic) bond motifs is 1. The highest BCUT2D eigenvalue weighted by Gasteiger charge is 2.30. The van der Waals surface area contributed by atoms with Crippen molar-refractivity contribution < 1.29 is 5.11 Å². The lowest BCUT2D eigenvalue weighted by Crippen LogP contribution is -2.24. The number of aromatic nitrogens is 3. The maximum atomic E-state index is 10.1. The molecular weight excluding hydrogens is 286 g/mol. The highest BCUT2D eigenvalue weighted by Crippen LogP contribution is 2.23. The number of nitrogen functional groups attached to an aromatic ring is 1. The lowest BCUT2D eigenvalue weighted by molar-refractivity contribution is 0.150. The number of thioether (sulfide) groups is 1. The van der Waals surface area contributed by atoms with Gasteiger partial charge in [-0.1, -0.05) is 0 Å². The lowest BCUT2D eigenvalue weighted by atomic mass is 10.1. The average molecular weight is 307 g/mol. The van der Waals surface area contributed by atoms with Gasteiger partial charge in [-0.15, -0.1) is 0 Å². The number of hydrogen-bond acceptors (Lipinski definition) is 6. The molecule has 0 unspecified atom stereocenters. The first-order chi connectivity index (χ1) is 10.2. The molecule has 0 spiro atoms. The Bertz CT molecular complexity index is 616. The number of nitrogens with zero attached hydrogens (tertiary/aromatic N) is 3. The normalized spacial score (nSPS) is 23.1. The van der Waals surface area contributed by atoms with Gasteiger partial charge in [0.25, 0.3) is 0 Å². The molecule has 3 heterocycles. The van der Waals surface area contributed by atoms with Crippen molar-refractivity contribution >= 4 is 28.6 Å². The summed E-state index contributed by atoms with van der Waals surface area (Å²) in [6, 6.07) is 0. The number of aliphatic hydroxyl groups is 1. The molecule has 1 fully saturated rings. The summed E-state index contributed by atoms with van der Waals surface area (Å²) in [7, 11) is 0. The van der Waals surface area contributed by atoms with Gasteiger partial charge >= 0.3 is 0 Å². The van der Waals surface area contributed by atoms with Crippen LogP contribution in [0, 0.1) is 5.92 Å². The Morgan fingerprint density at radius 1 is 1.48 bits per heavy atom. The van der Waals surface area contributed by atoms with Crippen LogP contribution >= 0.6 is 11.8 Å². The van der Waals surface area contributed by atoms with E-state index >= 15 is 0 Å². The van der Waals surface area contributed by atoms with Crippen molar-refractivity contribution in [1.82, 2.24) is 19.9 Å². The first-order valence-corrected chi connectivity index (χ1v) is 8.54. The van der Waals surface area contributed by atoms with Crippen molar-refractivity contribution in [3.05, 3.63) is 18.1 Å². The van der Waals surface area contributed by atoms with Crippen LogP contribution in [-0.2, 0) is 6.42 Å². The number of β-amino-alcohol motifs (C(OH)–C–C–N with tert-alkyl or cyclic N) is 1. The molecule has 0 aromatic carbocycles. The SMILES string of the molecule is CSC[C@H]1CN(CCc2c[nH]c3c(N)ncnc23)C[C@H]1O. The first-order valence-electron chi connectivity index (χ1n) is 7.15. The second-order valence-electron chi connectivity index (χ2n) is 5.59. The summed E-state index contributed by atoms with van der Waals surface area (Å²) in [6.45, 7) is 2.67. The quantitative estimate of drug-likeness (QED) is 0.755. The second-order valence-corrected chi connectivity index (χ2v) is 6.50. The molecule has 1 saturated heterocycles. The van der Waals surface area contributed by atoms with Gasteiger partial charge < -0.3 is 20.7 Å². The fourth-order valence-corrected chi connectivity index (χ4v) is 3.74. The summed E-state index contributed by atoms with van der Waals surface area (Å²) < 4.78 is 0. The van der Waals surface area contributed by atoms with Gasteiger partial charge in [0, 0.05) is 31.7 Å². The molecule has 2 aromatic rings. The van der Waals surface area contributed by atoms with E-state index in [9.17, 15) is 5.11 Å². The Hall–Kier alpha value is -1.31. The minimum atomic E-state index is -0.196. The van der Waals surface area contributed by atoms with Crippen LogP contribution in [0.4, 0.5) is 5.82 Å². The molecule has 1 aliphatic rings. The number of rotatable bonds is 5. The zero-order chi connectivity index (χ0) is 14.8. The number of aromatic amines is 1. The van der Waals surface area contributed by atoms with Crippen LogP contribution in [0.25, 0.3) is 11.0 Å². The molecule has 0 saturated carbocycles. The molecule has 1 aliphatic heterocycles. The number of nitrogens with one attached hydrogen (secondary N) is 1. The van der Waals surface area contributed by atoms with E-state index in [2.05, 4.69) is 26.1 Å². The highest BCUT2D eigenvalue weighted by molar-refractivity contribution is 7.98. The molecule has 0 amide bonds. The Morgan fingerprint density at radius 3 is 3.14 bits per heavy atom. The molecule has 4 N–H and O–H groups in total. The van der Waals surface area contributed by atoms with Crippen molar-refractivity contribution in [2.24, 2.45) is 5.92 Å². The minimum absolute atomic E-state index is 0.196. The van der Waals surface area contributed by atoms with Crippen molar-refractivity contribution in [2.75, 3.05) is 37.4 Å². The van der Waals surface area contributed by atoms with Gasteiger partial charge in [-0.3, -0.25) is 0 Å². The molecule has 7 heteroatoms. The summed E-state index contributed by atoms with van der Waals surface area (Å²) >= 11 is 1.80. The van der Waals surface area contributed by atoms with Gasteiger partial charge in [0.05, 0.1) is 11.6 Å². The monoisotopic (exact) mass is 307 g/mol. The summed E-state index contributed by atoms with van der Waals surface area (Å²) in [4.78, 5) is 13.8. The van der Waals surface area contributed by atoms with Crippen LogP contribution in [0.1, 0.15) is 5.56 Å². The molecule has 0 aliphatic carbocycles. The van der Waals surface area contributed by atoms with E-state index in [1.807, 2.05) is 6.20 Å². The van der Waals surface area contributed by atoms with Crippen molar-refractivity contribution in [3.63, 3.8) is 0 Å². The van der Waals surface area contributed by atoms with Crippen molar-refractivity contribution in [3.8, 4) is 0 Å². The van der Waals surface area contributed by atoms with Gasteiger partial charge in [0.15, 0.2) is 5.82 Å². The van der Waals surface area contributed by atoms with E-state index in [4.69, 9.17) is 5.73 Å². The fourth-order valence-electron chi connectivity index (χ4n) is 2.98. The van der Waals surface area contributed by atoms with E-state index in [1.54, 1.807) is 11.8 Å². The van der Waals surface area contributed by atoms with Crippen molar-refractivity contribution in [2.45, 2.75) is 12.5 Å². The van der Waals surface area contributed by atoms with Gasteiger partial charge in [-0.2, -0.15) is 11.8 Å². The van der Waals surface area contributed by atoms with Crippen LogP contribution < -0.4 is 5.73 Å². The number of aliphatic hydroxyl groups excluding tert-OH is 1. The van der Waals surface area contributed by atoms with Crippen LogP contribution in [0.2, 0.25) is 0 Å². The number of H-pyrrole nitrogens is 1. The van der Waals surface area contributed by atoms with Gasteiger partial charge in [-0.05, 0) is 24.0 Å². The maximum Gasteiger partial charge on any atom is 0.151 e. The molecule has 114 valence electrons. The number of hydrogen-bond donors (Lipinski definition) is 3. The largest absolute Gasteiger partial charge is 0.391 e. The maximum absolute atomic E-state index is 10.1. The van der Waals surface area contributed by atoms with E-state index in [1.165, 1.54) is 6.33 Å². The average Bonchev–Trinajstić information content (AvgIpc) is 3.03. The number of likely N-dealkylation sites (tertiary alicyclic amines) is 1. The lowest BCUT2D eigenvalue weighted by Gasteiger charge is -2.14. The Kier molecular flexibility index (Phi) is 4.32. The van der Waals surface area contributed by atoms with Gasteiger partial charge in [0.1, 0.15) is 11.8 Å². The van der Waals surface area contributed by atoms with Crippen molar-refractivity contribution in [1.29, 1.82) is 0 Å². The molecule has 2 aromatic heterocycles. The molecule has 21 heavy (non-hydrogen) atoms. The zero-order valence-electron chi connectivity index (χ0n) is 12.1. The standard InChI is InChI=1S/C14H21N5OS/c1-21-7-10-5-19(6-11(10)20)3-2-9-4-16-13-12(9)17-8-18-14(13)15/h4,8,10-11,16,20H,2-3,5-7H2,1H3,(H2,15,17,18)/t10-,11-/m1/s1. The topological polar surface area (TPSA) is 91.1 Å². The Morgan fingerprint density at radius 2 is 2.33 bits per heavy atom. The van der Waals surface area contributed by atoms with E-state index in [-0.39, 0.29) is 6.10 Å². The van der Waals surface area contributed by atoms with E-state index in [0.29, 0.717) is 11.7 Å². The number of nitrogens with two attached hydrogens (primary N) is 1. The highest BCUT2D eigenvalue weighted by atomic mass is 32.2. The van der Waals surface area contributed by atoms with Crippen LogP contribution in [0.15, 0.2) is 12.5 Å². The fraction of sp³-hybridized carbons (Fsp3) is 0.571. The zero-order valence-corrected chi connectivity index (χ0v) is 12.9. The summed E-state index contributed by atoms with van der Waals surface area (Å²) in [6.07, 6.45) is 6.25. The predicted octanol–water partition coefficient (Wildman–Crippen LogP) is 0.738. The number of anilines is 1. The third kappa shape index (κ3) is 3.00. The molecule has 3 rings (SSSR count). The predicted molar refractivity (Wildman–Crippen MR) is 86.3 cm³/mol. The third-order valence-corrected chi connectivity index (χ3v) is 4.89. The van der Waals surface area contributed by atoms with E-state index < -0.39 is 0 Å². The van der Waals surface area contributed by atoms with Gasteiger partial charge in [-0.25, -0.2) is 9.97 Å². The van der Waals surface area contributed by atoms with Crippen LogP contribution in [-0.4, -0.2) is 62.7 Å². The summed E-state index contributed by atoms with van der Waals surface area (Å²) in [5.41, 5.74) is 8.70. The molecule has 0 radical (unpaired) electrons. The molecule has 6 nitrogen and oxygen atoms in total. The molecular formula is C14H21N5OS. The van der Waals surface area contributed by atoms with Gasteiger partial charge in [0.2, 0.25) is 0 Å². The molecule has 0 bridgehead atoms. The Balaban J connectivity index is 1.64. The minimum Gasteiger partial charge on any atom is -0.391 e. The van der Waals surface area contributed by atoms with Crippen LogP contribution in [0.5, 0.6) is 0 Å². The Labute approximate surface area is 128 Å². The smallest absolute Gasteiger partial charge is 0.151 e. The van der Waals surface area contributed by atoms with Crippen LogP contribution in [0.3, 0.4) is 0 Å².